The molecular weight excluding hydrogens is 284 g/mol. The number of nitrogens with one attached hydrogen (secondary N) is 1. The van der Waals surface area contributed by atoms with Crippen LogP contribution in [-0.2, 0) is 0 Å². The van der Waals surface area contributed by atoms with E-state index in [9.17, 15) is 0 Å². The molecule has 0 saturated carbocycles. The molecule has 3 aromatic rings. The third-order valence-corrected chi connectivity index (χ3v) is 4.28. The van der Waals surface area contributed by atoms with Gasteiger partial charge in [-0.3, -0.25) is 4.57 Å². The zero-order chi connectivity index (χ0) is 14.2. The van der Waals surface area contributed by atoms with Gasteiger partial charge in [-0.25, -0.2) is 9.97 Å². The van der Waals surface area contributed by atoms with Crippen LogP contribution in [0.1, 0.15) is 18.2 Å². The minimum absolute atomic E-state index is 0.399. The van der Waals surface area contributed by atoms with Crippen LogP contribution in [0.2, 0.25) is 5.02 Å². The number of rotatable bonds is 2. The Morgan fingerprint density at radius 1 is 1.19 bits per heavy atom. The molecule has 1 saturated heterocycles. The molecule has 5 heteroatoms. The maximum atomic E-state index is 6.40. The molecular formula is C16H15ClN4. The molecule has 1 unspecified atom stereocenters. The van der Waals surface area contributed by atoms with Crippen molar-refractivity contribution in [2.75, 3.05) is 13.1 Å². The number of halogens is 1. The number of para-hydroxylation sites is 1. The summed E-state index contributed by atoms with van der Waals surface area (Å²) < 4.78 is 2.11. The first-order valence-electron chi connectivity index (χ1n) is 7.13. The van der Waals surface area contributed by atoms with Crippen LogP contribution < -0.4 is 5.32 Å². The van der Waals surface area contributed by atoms with Gasteiger partial charge >= 0.3 is 0 Å². The monoisotopic (exact) mass is 298 g/mol. The van der Waals surface area contributed by atoms with Gasteiger partial charge in [0.15, 0.2) is 5.65 Å². The van der Waals surface area contributed by atoms with Gasteiger partial charge in [-0.05, 0) is 37.2 Å². The molecule has 0 radical (unpaired) electrons. The zero-order valence-corrected chi connectivity index (χ0v) is 12.2. The van der Waals surface area contributed by atoms with E-state index in [1.54, 1.807) is 6.20 Å². The molecule has 0 amide bonds. The average molecular weight is 299 g/mol. The molecule has 1 fully saturated rings. The summed E-state index contributed by atoms with van der Waals surface area (Å²) in [6.45, 7) is 1.98. The SMILES string of the molecule is Clc1ccccc1-n1c(C2CCNC2)nc2cccnc21. The summed E-state index contributed by atoms with van der Waals surface area (Å²) >= 11 is 6.40. The first-order valence-corrected chi connectivity index (χ1v) is 7.51. The van der Waals surface area contributed by atoms with E-state index < -0.39 is 0 Å². The van der Waals surface area contributed by atoms with E-state index >= 15 is 0 Å². The quantitative estimate of drug-likeness (QED) is 0.790. The maximum Gasteiger partial charge on any atom is 0.164 e. The summed E-state index contributed by atoms with van der Waals surface area (Å²) in [4.78, 5) is 9.33. The minimum atomic E-state index is 0.399. The standard InChI is InChI=1S/C16H15ClN4/c17-12-4-1-2-6-14(12)21-15(11-7-9-18-10-11)20-13-5-3-8-19-16(13)21/h1-6,8,11,18H,7,9-10H2. The Labute approximate surface area is 127 Å². The van der Waals surface area contributed by atoms with Crippen molar-refractivity contribution in [2.24, 2.45) is 0 Å². The van der Waals surface area contributed by atoms with Crippen molar-refractivity contribution in [2.45, 2.75) is 12.3 Å². The van der Waals surface area contributed by atoms with Crippen LogP contribution in [0.5, 0.6) is 0 Å². The van der Waals surface area contributed by atoms with E-state index in [2.05, 4.69) is 14.9 Å². The Kier molecular flexibility index (Phi) is 3.13. The Balaban J connectivity index is 2.00. The maximum absolute atomic E-state index is 6.40. The fraction of sp³-hybridized carbons (Fsp3) is 0.250. The van der Waals surface area contributed by atoms with Crippen molar-refractivity contribution < 1.29 is 0 Å². The lowest BCUT2D eigenvalue weighted by Crippen LogP contribution is -2.12. The molecule has 0 spiro atoms. The van der Waals surface area contributed by atoms with Crippen molar-refractivity contribution in [1.29, 1.82) is 0 Å². The predicted octanol–water partition coefficient (Wildman–Crippen LogP) is 3.15. The van der Waals surface area contributed by atoms with Gasteiger partial charge in [-0.1, -0.05) is 23.7 Å². The summed E-state index contributed by atoms with van der Waals surface area (Å²) in [5.41, 5.74) is 2.73. The average Bonchev–Trinajstić information content (AvgIpc) is 3.15. The van der Waals surface area contributed by atoms with Gasteiger partial charge in [0.1, 0.15) is 11.3 Å². The molecule has 1 aliphatic rings. The van der Waals surface area contributed by atoms with E-state index in [-0.39, 0.29) is 0 Å². The normalized spacial score (nSPS) is 18.4. The Morgan fingerprint density at radius 3 is 2.90 bits per heavy atom. The first-order chi connectivity index (χ1) is 10.3. The van der Waals surface area contributed by atoms with Crippen LogP contribution in [0.15, 0.2) is 42.6 Å². The molecule has 1 atom stereocenters. The summed E-state index contributed by atoms with van der Waals surface area (Å²) in [6, 6.07) is 11.8. The fourth-order valence-corrected chi connectivity index (χ4v) is 3.17. The highest BCUT2D eigenvalue weighted by atomic mass is 35.5. The van der Waals surface area contributed by atoms with Gasteiger partial charge < -0.3 is 5.32 Å². The number of nitrogens with zero attached hydrogens (tertiary/aromatic N) is 3. The molecule has 21 heavy (non-hydrogen) atoms. The highest BCUT2D eigenvalue weighted by Gasteiger charge is 2.25. The molecule has 106 valence electrons. The van der Waals surface area contributed by atoms with Gasteiger partial charge in [-0.2, -0.15) is 0 Å². The van der Waals surface area contributed by atoms with E-state index in [1.807, 2.05) is 36.4 Å². The third-order valence-electron chi connectivity index (χ3n) is 3.96. The zero-order valence-electron chi connectivity index (χ0n) is 11.5. The molecule has 0 bridgehead atoms. The lowest BCUT2D eigenvalue weighted by Gasteiger charge is -2.13. The number of imidazole rings is 1. The lowest BCUT2D eigenvalue weighted by atomic mass is 10.1. The number of fused-ring (bicyclic) bond motifs is 1. The van der Waals surface area contributed by atoms with E-state index in [1.165, 1.54) is 0 Å². The second-order valence-electron chi connectivity index (χ2n) is 5.29. The second kappa shape index (κ2) is 5.13. The Hall–Kier alpha value is -1.91. The molecule has 1 aromatic carbocycles. The largest absolute Gasteiger partial charge is 0.316 e. The molecule has 4 rings (SSSR count). The number of hydrogen-bond acceptors (Lipinski definition) is 3. The van der Waals surface area contributed by atoms with Gasteiger partial charge in [0.05, 0.1) is 10.7 Å². The van der Waals surface area contributed by atoms with Crippen LogP contribution in [0.3, 0.4) is 0 Å². The van der Waals surface area contributed by atoms with Gasteiger partial charge in [0.2, 0.25) is 0 Å². The third kappa shape index (κ3) is 2.11. The summed E-state index contributed by atoms with van der Waals surface area (Å²) in [7, 11) is 0. The smallest absolute Gasteiger partial charge is 0.164 e. The van der Waals surface area contributed by atoms with Crippen molar-refractivity contribution in [1.82, 2.24) is 19.9 Å². The molecule has 1 N–H and O–H groups in total. The lowest BCUT2D eigenvalue weighted by molar-refractivity contribution is 0.691. The summed E-state index contributed by atoms with van der Waals surface area (Å²) in [5.74, 6) is 1.44. The van der Waals surface area contributed by atoms with Gasteiger partial charge in [0, 0.05) is 18.7 Å². The van der Waals surface area contributed by atoms with Crippen molar-refractivity contribution >= 4 is 22.8 Å². The minimum Gasteiger partial charge on any atom is -0.316 e. The fourth-order valence-electron chi connectivity index (χ4n) is 2.95. The Bertz CT molecular complexity index is 790. The van der Waals surface area contributed by atoms with Crippen LogP contribution in [0.4, 0.5) is 0 Å². The van der Waals surface area contributed by atoms with Gasteiger partial charge in [-0.15, -0.1) is 0 Å². The number of pyridine rings is 1. The summed E-state index contributed by atoms with van der Waals surface area (Å²) in [6.07, 6.45) is 2.89. The second-order valence-corrected chi connectivity index (χ2v) is 5.70. The summed E-state index contributed by atoms with van der Waals surface area (Å²) in [5, 5.41) is 4.12. The molecule has 2 aromatic heterocycles. The highest BCUT2D eigenvalue weighted by Crippen LogP contribution is 2.31. The predicted molar refractivity (Wildman–Crippen MR) is 84.1 cm³/mol. The van der Waals surface area contributed by atoms with Crippen LogP contribution in [0.25, 0.3) is 16.9 Å². The highest BCUT2D eigenvalue weighted by molar-refractivity contribution is 6.32. The van der Waals surface area contributed by atoms with E-state index in [4.69, 9.17) is 16.6 Å². The van der Waals surface area contributed by atoms with Gasteiger partial charge in [0.25, 0.3) is 0 Å². The Morgan fingerprint density at radius 2 is 2.10 bits per heavy atom. The number of hydrogen-bond donors (Lipinski definition) is 1. The number of aromatic nitrogens is 3. The molecule has 3 heterocycles. The topological polar surface area (TPSA) is 42.7 Å². The molecule has 1 aliphatic heterocycles. The molecule has 4 nitrogen and oxygen atoms in total. The molecule has 0 aliphatic carbocycles. The van der Waals surface area contributed by atoms with Crippen LogP contribution >= 0.6 is 11.6 Å². The van der Waals surface area contributed by atoms with Crippen molar-refractivity contribution in [3.63, 3.8) is 0 Å². The van der Waals surface area contributed by atoms with E-state index in [0.29, 0.717) is 5.92 Å². The van der Waals surface area contributed by atoms with E-state index in [0.717, 1.165) is 47.2 Å². The van der Waals surface area contributed by atoms with Crippen LogP contribution in [-0.4, -0.2) is 27.6 Å². The first kappa shape index (κ1) is 12.8. The van der Waals surface area contributed by atoms with Crippen LogP contribution in [0, 0.1) is 0 Å². The van der Waals surface area contributed by atoms with Crippen molar-refractivity contribution in [3.05, 3.63) is 53.4 Å². The number of benzene rings is 1. The van der Waals surface area contributed by atoms with Crippen molar-refractivity contribution in [3.8, 4) is 5.69 Å².